The van der Waals surface area contributed by atoms with Crippen LogP contribution in [-0.2, 0) is 7.05 Å². The Kier molecular flexibility index (Phi) is 5.76. The van der Waals surface area contributed by atoms with E-state index in [9.17, 15) is 22.8 Å². The maximum atomic E-state index is 12.7. The molecule has 0 spiro atoms. The molecule has 1 fully saturated rings. The molecule has 2 N–H and O–H groups in total. The number of thiophene rings is 1. The summed E-state index contributed by atoms with van der Waals surface area (Å²) >= 11 is 1.44. The first kappa shape index (κ1) is 22.0. The highest BCUT2D eigenvalue weighted by molar-refractivity contribution is 7.17. The molecule has 2 aromatic heterocycles. The number of carbonyl (C=O) groups is 1. The smallest absolute Gasteiger partial charge is 0.490 e. The average Bonchev–Trinajstić information content (AvgIpc) is 3.21. The molecule has 0 saturated carbocycles. The largest absolute Gasteiger partial charge is 0.573 e. The maximum absolute atomic E-state index is 12.7. The van der Waals surface area contributed by atoms with Crippen LogP contribution >= 0.6 is 11.3 Å². The van der Waals surface area contributed by atoms with Gasteiger partial charge in [-0.25, -0.2) is 0 Å². The molecule has 1 saturated heterocycles. The highest BCUT2D eigenvalue weighted by Crippen LogP contribution is 2.35. The van der Waals surface area contributed by atoms with Crippen LogP contribution in [-0.4, -0.2) is 36.0 Å². The van der Waals surface area contributed by atoms with Gasteiger partial charge in [0, 0.05) is 33.0 Å². The summed E-state index contributed by atoms with van der Waals surface area (Å²) in [4.78, 5) is 26.8. The summed E-state index contributed by atoms with van der Waals surface area (Å²) in [5.74, 6) is -0.648. The number of benzene rings is 1. The van der Waals surface area contributed by atoms with Crippen LogP contribution in [0.25, 0.3) is 10.2 Å². The normalized spacial score (nSPS) is 15.2. The first-order valence-electron chi connectivity index (χ1n) is 9.81. The summed E-state index contributed by atoms with van der Waals surface area (Å²) in [7, 11) is 1.61. The van der Waals surface area contributed by atoms with Gasteiger partial charge in [-0.2, -0.15) is 0 Å². The van der Waals surface area contributed by atoms with Crippen molar-refractivity contribution in [3.05, 3.63) is 51.6 Å². The lowest BCUT2D eigenvalue weighted by Crippen LogP contribution is -2.41. The Morgan fingerprint density at radius 1 is 1.12 bits per heavy atom. The topological polar surface area (TPSA) is 86.8 Å². The lowest BCUT2D eigenvalue weighted by molar-refractivity contribution is -0.274. The number of anilines is 1. The van der Waals surface area contributed by atoms with Crippen molar-refractivity contribution in [3.63, 3.8) is 0 Å². The van der Waals surface area contributed by atoms with E-state index in [1.165, 1.54) is 40.2 Å². The molecule has 7 nitrogen and oxygen atoms in total. The van der Waals surface area contributed by atoms with Crippen LogP contribution in [0.5, 0.6) is 11.5 Å². The van der Waals surface area contributed by atoms with E-state index in [0.29, 0.717) is 37.4 Å². The fraction of sp³-hybridized carbons (Fsp3) is 0.333. The Morgan fingerprint density at radius 2 is 1.75 bits per heavy atom. The minimum Gasteiger partial charge on any atom is -0.490 e. The molecule has 1 aliphatic heterocycles. The van der Waals surface area contributed by atoms with Crippen molar-refractivity contribution in [1.82, 2.24) is 4.57 Å². The van der Waals surface area contributed by atoms with Crippen LogP contribution in [0.3, 0.4) is 0 Å². The Balaban J connectivity index is 1.49. The molecule has 4 rings (SSSR count). The minimum atomic E-state index is -4.74. The summed E-state index contributed by atoms with van der Waals surface area (Å²) < 4.78 is 48.9. The van der Waals surface area contributed by atoms with Crippen LogP contribution in [0.15, 0.2) is 40.5 Å². The fourth-order valence-corrected chi connectivity index (χ4v) is 4.87. The second-order valence-electron chi connectivity index (χ2n) is 7.41. The number of rotatable bonds is 5. The number of nitrogens with zero attached hydrogens (tertiary/aromatic N) is 2. The van der Waals surface area contributed by atoms with Gasteiger partial charge >= 0.3 is 6.36 Å². The van der Waals surface area contributed by atoms with E-state index in [0.717, 1.165) is 10.2 Å². The highest BCUT2D eigenvalue weighted by Gasteiger charge is 2.31. The second-order valence-corrected chi connectivity index (χ2v) is 8.33. The van der Waals surface area contributed by atoms with Crippen LogP contribution < -0.4 is 25.7 Å². The zero-order chi connectivity index (χ0) is 23.0. The molecule has 1 aliphatic rings. The molecule has 32 heavy (non-hydrogen) atoms. The lowest BCUT2D eigenvalue weighted by Gasteiger charge is -2.34. The molecule has 0 bridgehead atoms. The Morgan fingerprint density at radius 3 is 2.34 bits per heavy atom. The number of carbonyl (C=O) groups excluding carboxylic acids is 1. The molecule has 1 aromatic carbocycles. The Labute approximate surface area is 184 Å². The summed E-state index contributed by atoms with van der Waals surface area (Å²) in [6.45, 7) is 1.06. The third-order valence-electron chi connectivity index (χ3n) is 5.34. The molecule has 1 amide bonds. The number of alkyl halides is 3. The van der Waals surface area contributed by atoms with Gasteiger partial charge in [-0.15, -0.1) is 24.5 Å². The molecule has 0 unspecified atom stereocenters. The van der Waals surface area contributed by atoms with E-state index in [1.807, 2.05) is 16.3 Å². The van der Waals surface area contributed by atoms with Crippen LogP contribution in [0.2, 0.25) is 0 Å². The number of primary amides is 1. The monoisotopic (exact) mass is 467 g/mol. The van der Waals surface area contributed by atoms with E-state index in [1.54, 1.807) is 7.05 Å². The third kappa shape index (κ3) is 4.38. The number of nitrogens with two attached hydrogens (primary N) is 1. The van der Waals surface area contributed by atoms with Gasteiger partial charge < -0.3 is 24.7 Å². The Bertz CT molecular complexity index is 1200. The van der Waals surface area contributed by atoms with E-state index < -0.39 is 17.8 Å². The molecule has 0 atom stereocenters. The zero-order valence-corrected chi connectivity index (χ0v) is 17.8. The third-order valence-corrected chi connectivity index (χ3v) is 6.25. The molecular weight excluding hydrogens is 447 g/mol. The van der Waals surface area contributed by atoms with E-state index >= 15 is 0 Å². The molecule has 3 aromatic rings. The maximum Gasteiger partial charge on any atom is 0.573 e. The predicted molar refractivity (Wildman–Crippen MR) is 115 cm³/mol. The summed E-state index contributed by atoms with van der Waals surface area (Å²) in [5, 5.41) is 1.86. The fourth-order valence-electron chi connectivity index (χ4n) is 3.87. The highest BCUT2D eigenvalue weighted by atomic mass is 32.1. The molecule has 3 heterocycles. The number of halogens is 3. The molecule has 170 valence electrons. The van der Waals surface area contributed by atoms with Gasteiger partial charge in [0.05, 0.1) is 15.9 Å². The van der Waals surface area contributed by atoms with Crippen molar-refractivity contribution in [2.24, 2.45) is 12.8 Å². The number of amides is 1. The SMILES string of the molecule is Cn1c(=O)c(C(N)=O)c(N2CCC(Oc3ccc(OC(F)(F)F)cc3)CC2)c2sccc21. The van der Waals surface area contributed by atoms with Crippen LogP contribution in [0.1, 0.15) is 23.2 Å². The number of ether oxygens (including phenoxy) is 2. The lowest BCUT2D eigenvalue weighted by atomic mass is 10.0. The van der Waals surface area contributed by atoms with Crippen molar-refractivity contribution in [3.8, 4) is 11.5 Å². The van der Waals surface area contributed by atoms with Crippen molar-refractivity contribution >= 4 is 33.1 Å². The van der Waals surface area contributed by atoms with Crippen molar-refractivity contribution in [2.45, 2.75) is 25.3 Å². The first-order chi connectivity index (χ1) is 15.1. The van der Waals surface area contributed by atoms with E-state index in [2.05, 4.69) is 4.74 Å². The standard InChI is InChI=1S/C21H20F3N3O4S/c1-26-15-8-11-32-18(15)17(16(19(25)28)20(26)29)27-9-6-13(7-10-27)30-12-2-4-14(5-3-12)31-21(22,23)24/h2-5,8,11,13H,6-7,9-10H2,1H3,(H2,25,28). The van der Waals surface area contributed by atoms with E-state index in [4.69, 9.17) is 10.5 Å². The van der Waals surface area contributed by atoms with Gasteiger partial charge in [-0.05, 0) is 35.7 Å². The van der Waals surface area contributed by atoms with Gasteiger partial charge in [0.25, 0.3) is 11.5 Å². The van der Waals surface area contributed by atoms with Crippen molar-refractivity contribution in [2.75, 3.05) is 18.0 Å². The number of fused-ring (bicyclic) bond motifs is 1. The molecule has 11 heteroatoms. The zero-order valence-electron chi connectivity index (χ0n) is 17.0. The predicted octanol–water partition coefficient (Wildman–Crippen LogP) is 3.65. The molecule has 0 radical (unpaired) electrons. The number of hydrogen-bond donors (Lipinski definition) is 1. The van der Waals surface area contributed by atoms with Gasteiger partial charge in [-0.3, -0.25) is 9.59 Å². The van der Waals surface area contributed by atoms with Crippen molar-refractivity contribution < 1.29 is 27.4 Å². The first-order valence-corrected chi connectivity index (χ1v) is 10.7. The summed E-state index contributed by atoms with van der Waals surface area (Å²) in [6.07, 6.45) is -3.71. The second kappa shape index (κ2) is 8.38. The number of hydrogen-bond acceptors (Lipinski definition) is 6. The van der Waals surface area contributed by atoms with Gasteiger partial charge in [0.2, 0.25) is 0 Å². The summed E-state index contributed by atoms with van der Waals surface area (Å²) in [5.41, 5.74) is 6.38. The van der Waals surface area contributed by atoms with Crippen molar-refractivity contribution in [1.29, 1.82) is 0 Å². The number of aromatic nitrogens is 1. The van der Waals surface area contributed by atoms with Gasteiger partial charge in [0.1, 0.15) is 23.2 Å². The number of pyridine rings is 1. The molecular formula is C21H20F3N3O4S. The van der Waals surface area contributed by atoms with Gasteiger partial charge in [-0.1, -0.05) is 0 Å². The average molecular weight is 467 g/mol. The van der Waals surface area contributed by atoms with Gasteiger partial charge in [0.15, 0.2) is 0 Å². The summed E-state index contributed by atoms with van der Waals surface area (Å²) in [6, 6.07) is 7.08. The Hall–Kier alpha value is -3.21. The number of piperidine rings is 1. The van der Waals surface area contributed by atoms with Crippen LogP contribution in [0.4, 0.5) is 18.9 Å². The molecule has 0 aliphatic carbocycles. The van der Waals surface area contributed by atoms with Crippen LogP contribution in [0, 0.1) is 0 Å². The number of aryl methyl sites for hydroxylation is 1. The quantitative estimate of drug-likeness (QED) is 0.619. The minimum absolute atomic E-state index is 0.0259. The van der Waals surface area contributed by atoms with E-state index in [-0.39, 0.29) is 17.4 Å².